The van der Waals surface area contributed by atoms with E-state index in [1.54, 1.807) is 6.08 Å². The van der Waals surface area contributed by atoms with E-state index in [9.17, 15) is 19.8 Å². The molecule has 0 rings (SSSR count). The maximum Gasteiger partial charge on any atom is 0.305 e. The van der Waals surface area contributed by atoms with Crippen LogP contribution in [0, 0.1) is 0 Å². The Morgan fingerprint density at radius 2 is 0.704 bits per heavy atom. The molecule has 6 heteroatoms. The van der Waals surface area contributed by atoms with Gasteiger partial charge in [-0.2, -0.15) is 0 Å². The van der Waals surface area contributed by atoms with Gasteiger partial charge in [0.25, 0.3) is 0 Å². The summed E-state index contributed by atoms with van der Waals surface area (Å²) in [6.45, 7) is 4.89. The zero-order valence-corrected chi connectivity index (χ0v) is 47.7. The van der Waals surface area contributed by atoms with Crippen LogP contribution < -0.4 is 5.32 Å². The van der Waals surface area contributed by atoms with E-state index in [4.69, 9.17) is 4.74 Å². The van der Waals surface area contributed by atoms with Crippen molar-refractivity contribution in [1.82, 2.24) is 5.32 Å². The number of hydrogen-bond acceptors (Lipinski definition) is 5. The van der Waals surface area contributed by atoms with Crippen molar-refractivity contribution in [1.29, 1.82) is 0 Å². The SMILES string of the molecule is CCCCCC/C=C\C/C=C\CCCCCCCC(=O)OCCCCCCCCCCCCCCCCCCCCCCCCCC(=O)NC(CO)C(O)/C=C/CCCCCCCCCCCCCCC. The predicted octanol–water partition coefficient (Wildman–Crippen LogP) is 20.0. The molecule has 3 N–H and O–H groups in total. The molecule has 0 aliphatic carbocycles. The maximum absolute atomic E-state index is 12.5. The second-order valence-corrected chi connectivity index (χ2v) is 21.7. The zero-order valence-electron chi connectivity index (χ0n) is 47.7. The van der Waals surface area contributed by atoms with Gasteiger partial charge in [-0.3, -0.25) is 9.59 Å². The molecule has 0 aliphatic heterocycles. The van der Waals surface area contributed by atoms with Gasteiger partial charge in [-0.15, -0.1) is 0 Å². The van der Waals surface area contributed by atoms with Gasteiger partial charge in [-0.1, -0.05) is 301 Å². The van der Waals surface area contributed by atoms with Crippen molar-refractivity contribution < 1.29 is 24.5 Å². The molecular weight excluding hydrogens is 875 g/mol. The van der Waals surface area contributed by atoms with Crippen LogP contribution in [0.3, 0.4) is 0 Å². The number of nitrogens with one attached hydrogen (secondary N) is 1. The summed E-state index contributed by atoms with van der Waals surface area (Å²) < 4.78 is 5.48. The molecule has 0 aromatic heterocycles. The van der Waals surface area contributed by atoms with Crippen molar-refractivity contribution in [2.24, 2.45) is 0 Å². The van der Waals surface area contributed by atoms with Crippen molar-refractivity contribution in [3.05, 3.63) is 36.5 Å². The van der Waals surface area contributed by atoms with Crippen LogP contribution in [-0.4, -0.2) is 47.4 Å². The van der Waals surface area contributed by atoms with E-state index in [0.29, 0.717) is 19.4 Å². The Balaban J connectivity index is 3.39. The van der Waals surface area contributed by atoms with Gasteiger partial charge in [0.1, 0.15) is 0 Å². The summed E-state index contributed by atoms with van der Waals surface area (Å²) in [6, 6.07) is -0.628. The lowest BCUT2D eigenvalue weighted by Crippen LogP contribution is -2.45. The fraction of sp³-hybridized carbons (Fsp3) is 0.877. The number of aliphatic hydroxyl groups is 2. The molecule has 0 aromatic rings. The number of carbonyl (C=O) groups excluding carboxylic acids is 2. The molecule has 0 fully saturated rings. The highest BCUT2D eigenvalue weighted by Gasteiger charge is 2.18. The first-order chi connectivity index (χ1) is 35.0. The Hall–Kier alpha value is -1.92. The van der Waals surface area contributed by atoms with Crippen LogP contribution in [0.25, 0.3) is 0 Å². The van der Waals surface area contributed by atoms with Crippen LogP contribution in [0.5, 0.6) is 0 Å². The first kappa shape index (κ1) is 69.1. The molecule has 2 atom stereocenters. The predicted molar refractivity (Wildman–Crippen MR) is 310 cm³/mol. The van der Waals surface area contributed by atoms with Gasteiger partial charge in [0.2, 0.25) is 5.91 Å². The Bertz CT molecular complexity index is 1150. The molecule has 0 bridgehead atoms. The number of unbranched alkanes of at least 4 members (excludes halogenated alkanes) is 44. The molecule has 0 heterocycles. The third-order valence-corrected chi connectivity index (χ3v) is 14.7. The van der Waals surface area contributed by atoms with Gasteiger partial charge < -0.3 is 20.3 Å². The summed E-state index contributed by atoms with van der Waals surface area (Å²) in [7, 11) is 0. The van der Waals surface area contributed by atoms with Crippen LogP contribution in [-0.2, 0) is 14.3 Å². The van der Waals surface area contributed by atoms with Crippen molar-refractivity contribution in [2.45, 2.75) is 353 Å². The quantitative estimate of drug-likeness (QED) is 0.0321. The lowest BCUT2D eigenvalue weighted by atomic mass is 10.0. The van der Waals surface area contributed by atoms with Gasteiger partial charge in [0.15, 0.2) is 0 Å². The summed E-state index contributed by atoms with van der Waals surface area (Å²) in [6.07, 6.45) is 76.1. The lowest BCUT2D eigenvalue weighted by Gasteiger charge is -2.20. The minimum absolute atomic E-state index is 0.000502. The topological polar surface area (TPSA) is 95.9 Å². The minimum Gasteiger partial charge on any atom is -0.466 e. The van der Waals surface area contributed by atoms with Gasteiger partial charge >= 0.3 is 5.97 Å². The third-order valence-electron chi connectivity index (χ3n) is 14.7. The summed E-state index contributed by atoms with van der Waals surface area (Å²) in [5, 5.41) is 23.1. The molecule has 0 aliphatic rings. The Morgan fingerprint density at radius 1 is 0.394 bits per heavy atom. The number of aliphatic hydroxyl groups excluding tert-OH is 2. The van der Waals surface area contributed by atoms with Crippen molar-refractivity contribution in [2.75, 3.05) is 13.2 Å². The monoisotopic (exact) mass is 998 g/mol. The largest absolute Gasteiger partial charge is 0.466 e. The lowest BCUT2D eigenvalue weighted by molar-refractivity contribution is -0.143. The van der Waals surface area contributed by atoms with Crippen LogP contribution >= 0.6 is 0 Å². The minimum atomic E-state index is -0.844. The third kappa shape index (κ3) is 57.2. The molecule has 71 heavy (non-hydrogen) atoms. The van der Waals surface area contributed by atoms with E-state index < -0.39 is 12.1 Å². The number of hydrogen-bond donors (Lipinski definition) is 3. The van der Waals surface area contributed by atoms with E-state index >= 15 is 0 Å². The molecular formula is C65H123NO5. The summed E-state index contributed by atoms with van der Waals surface area (Å²) in [5.74, 6) is -0.0658. The van der Waals surface area contributed by atoms with Crippen molar-refractivity contribution >= 4 is 11.9 Å². The molecule has 1 amide bonds. The highest BCUT2D eigenvalue weighted by molar-refractivity contribution is 5.76. The number of ether oxygens (including phenoxy) is 1. The van der Waals surface area contributed by atoms with Crippen LogP contribution in [0.1, 0.15) is 341 Å². The number of amides is 1. The summed E-state index contributed by atoms with van der Waals surface area (Å²) in [5.41, 5.74) is 0. The summed E-state index contributed by atoms with van der Waals surface area (Å²) in [4.78, 5) is 24.5. The van der Waals surface area contributed by atoms with Crippen molar-refractivity contribution in [3.8, 4) is 0 Å². The molecule has 0 spiro atoms. The van der Waals surface area contributed by atoms with E-state index in [1.165, 1.54) is 263 Å². The van der Waals surface area contributed by atoms with E-state index in [0.717, 1.165) is 51.4 Å². The molecule has 6 nitrogen and oxygen atoms in total. The zero-order chi connectivity index (χ0) is 51.4. The smallest absolute Gasteiger partial charge is 0.305 e. The van der Waals surface area contributed by atoms with E-state index in [-0.39, 0.29) is 18.5 Å². The Morgan fingerprint density at radius 3 is 1.08 bits per heavy atom. The van der Waals surface area contributed by atoms with E-state index in [1.807, 2.05) is 6.08 Å². The van der Waals surface area contributed by atoms with Gasteiger partial charge in [0.05, 0.1) is 25.4 Å². The molecule has 2 unspecified atom stereocenters. The first-order valence-corrected chi connectivity index (χ1v) is 31.8. The van der Waals surface area contributed by atoms with Gasteiger partial charge in [-0.25, -0.2) is 0 Å². The Labute approximate surface area is 443 Å². The number of carbonyl (C=O) groups is 2. The fourth-order valence-corrected chi connectivity index (χ4v) is 9.78. The van der Waals surface area contributed by atoms with E-state index in [2.05, 4.69) is 43.5 Å². The normalized spacial score (nSPS) is 12.8. The fourth-order valence-electron chi connectivity index (χ4n) is 9.78. The average Bonchev–Trinajstić information content (AvgIpc) is 3.37. The highest BCUT2D eigenvalue weighted by Crippen LogP contribution is 2.18. The number of esters is 1. The van der Waals surface area contributed by atoms with Crippen LogP contribution in [0.2, 0.25) is 0 Å². The van der Waals surface area contributed by atoms with Gasteiger partial charge in [0, 0.05) is 12.8 Å². The maximum atomic E-state index is 12.5. The average molecular weight is 999 g/mol. The van der Waals surface area contributed by atoms with Gasteiger partial charge in [-0.05, 0) is 64.2 Å². The van der Waals surface area contributed by atoms with Crippen molar-refractivity contribution in [3.63, 3.8) is 0 Å². The molecule has 0 radical (unpaired) electrons. The van der Waals surface area contributed by atoms with Crippen LogP contribution in [0.15, 0.2) is 36.5 Å². The molecule has 0 saturated heterocycles. The number of rotatable bonds is 59. The molecule has 0 aromatic carbocycles. The Kier molecular flexibility index (Phi) is 59.0. The second-order valence-electron chi connectivity index (χ2n) is 21.7. The second kappa shape index (κ2) is 60.6. The number of allylic oxidation sites excluding steroid dienone is 5. The molecule has 418 valence electrons. The highest BCUT2D eigenvalue weighted by atomic mass is 16.5. The standard InChI is InChI=1S/C65H123NO5/c1-3-5-7-9-11-13-15-17-19-31-35-39-43-47-51-55-59-65(70)71-60-56-52-48-44-40-36-32-28-26-24-22-20-21-23-25-27-30-34-38-42-46-50-54-58-64(69)66-62(61-67)63(68)57-53-49-45-41-37-33-29-18-16-14-12-10-8-6-4-2/h13,15,19,31,53,57,62-63,67-68H,3-12,14,16-18,20-30,32-52,54-56,58-61H2,1-2H3,(H,66,69)/b15-13-,31-19-,57-53+. The molecule has 0 saturated carbocycles. The van der Waals surface area contributed by atoms with Crippen LogP contribution in [0.4, 0.5) is 0 Å². The first-order valence-electron chi connectivity index (χ1n) is 31.8. The summed E-state index contributed by atoms with van der Waals surface area (Å²) >= 11 is 0.